The van der Waals surface area contributed by atoms with Crippen molar-refractivity contribution in [3.8, 4) is 0 Å². The zero-order chi connectivity index (χ0) is 12.6. The number of thiazole rings is 1. The average Bonchev–Trinajstić information content (AvgIpc) is 2.75. The summed E-state index contributed by atoms with van der Waals surface area (Å²) < 4.78 is 0. The Labute approximate surface area is 106 Å². The Morgan fingerprint density at radius 3 is 2.41 bits per heavy atom. The first kappa shape index (κ1) is 13.0. The van der Waals surface area contributed by atoms with Crippen LogP contribution in [0, 0.1) is 0 Å². The average molecular weight is 256 g/mol. The third kappa shape index (κ3) is 3.04. The van der Waals surface area contributed by atoms with Crippen LogP contribution in [0.4, 0.5) is 0 Å². The lowest BCUT2D eigenvalue weighted by atomic mass is 9.98. The molecule has 2 atom stereocenters. The van der Waals surface area contributed by atoms with Crippen LogP contribution in [0.5, 0.6) is 0 Å². The molecule has 0 aromatic carbocycles. The van der Waals surface area contributed by atoms with E-state index in [0.717, 1.165) is 10.7 Å². The molecule has 1 aliphatic rings. The Morgan fingerprint density at radius 2 is 1.94 bits per heavy atom. The molecule has 0 spiro atoms. The van der Waals surface area contributed by atoms with E-state index in [4.69, 9.17) is 0 Å². The number of β-amino-alcohol motifs (C(OH)–C–C–N with tert-alkyl or cyclic N) is 2. The first-order chi connectivity index (χ1) is 7.86. The molecule has 2 rings (SSSR count). The molecule has 4 nitrogen and oxygen atoms in total. The number of aliphatic hydroxyl groups excluding tert-OH is 2. The zero-order valence-electron chi connectivity index (χ0n) is 10.6. The number of rotatable bonds is 2. The van der Waals surface area contributed by atoms with Crippen LogP contribution in [0.2, 0.25) is 0 Å². The van der Waals surface area contributed by atoms with Crippen molar-refractivity contribution >= 4 is 11.3 Å². The van der Waals surface area contributed by atoms with E-state index in [0.29, 0.717) is 19.6 Å². The van der Waals surface area contributed by atoms with Crippen LogP contribution in [0.15, 0.2) is 5.38 Å². The molecule has 0 aliphatic carbocycles. The van der Waals surface area contributed by atoms with Gasteiger partial charge in [0.1, 0.15) is 0 Å². The minimum absolute atomic E-state index is 0.0902. The fourth-order valence-corrected chi connectivity index (χ4v) is 2.83. The quantitative estimate of drug-likeness (QED) is 0.828. The normalized spacial score (nSPS) is 26.6. The second kappa shape index (κ2) is 4.65. The van der Waals surface area contributed by atoms with E-state index in [9.17, 15) is 10.2 Å². The molecule has 1 aromatic rings. The summed E-state index contributed by atoms with van der Waals surface area (Å²) in [4.78, 5) is 6.65. The smallest absolute Gasteiger partial charge is 0.0982 e. The molecular formula is C12H20N2O2S. The fourth-order valence-electron chi connectivity index (χ4n) is 1.93. The number of hydrogen-bond acceptors (Lipinski definition) is 5. The summed E-state index contributed by atoms with van der Waals surface area (Å²) in [6.07, 6.45) is -1.23. The molecule has 5 heteroatoms. The summed E-state index contributed by atoms with van der Waals surface area (Å²) in [5.74, 6) is 0. The molecule has 0 amide bonds. The number of likely N-dealkylation sites (tertiary alicyclic amines) is 1. The number of aromatic nitrogens is 1. The Bertz CT molecular complexity index is 376. The Morgan fingerprint density at radius 1 is 1.35 bits per heavy atom. The van der Waals surface area contributed by atoms with Crippen molar-refractivity contribution in [2.45, 2.75) is 44.9 Å². The summed E-state index contributed by atoms with van der Waals surface area (Å²) in [5, 5.41) is 22.1. The molecule has 0 saturated carbocycles. The van der Waals surface area contributed by atoms with Crippen molar-refractivity contribution in [3.05, 3.63) is 16.1 Å². The van der Waals surface area contributed by atoms with Crippen molar-refractivity contribution < 1.29 is 10.2 Å². The van der Waals surface area contributed by atoms with Gasteiger partial charge in [-0.2, -0.15) is 0 Å². The first-order valence-corrected chi connectivity index (χ1v) is 6.77. The van der Waals surface area contributed by atoms with Gasteiger partial charge in [-0.15, -0.1) is 11.3 Å². The SMILES string of the molecule is CC(C)(C)c1nc(CN2C[C@@H](O)[C@@H](O)C2)cs1. The Balaban J connectivity index is 1.98. The Hall–Kier alpha value is -0.490. The first-order valence-electron chi connectivity index (χ1n) is 5.89. The molecule has 0 unspecified atom stereocenters. The molecule has 96 valence electrons. The van der Waals surface area contributed by atoms with Crippen LogP contribution in [-0.2, 0) is 12.0 Å². The van der Waals surface area contributed by atoms with E-state index in [-0.39, 0.29) is 5.41 Å². The maximum atomic E-state index is 9.47. The minimum Gasteiger partial charge on any atom is -0.389 e. The van der Waals surface area contributed by atoms with Gasteiger partial charge in [0.05, 0.1) is 22.9 Å². The molecule has 2 heterocycles. The monoisotopic (exact) mass is 256 g/mol. The predicted molar refractivity (Wildman–Crippen MR) is 68.1 cm³/mol. The van der Waals surface area contributed by atoms with Gasteiger partial charge in [-0.05, 0) is 0 Å². The molecular weight excluding hydrogens is 236 g/mol. The lowest BCUT2D eigenvalue weighted by Gasteiger charge is -2.15. The highest BCUT2D eigenvalue weighted by atomic mass is 32.1. The van der Waals surface area contributed by atoms with Crippen LogP contribution in [-0.4, -0.2) is 45.4 Å². The van der Waals surface area contributed by atoms with Gasteiger partial charge in [0.25, 0.3) is 0 Å². The fraction of sp³-hybridized carbons (Fsp3) is 0.750. The lowest BCUT2D eigenvalue weighted by molar-refractivity contribution is 0.0572. The van der Waals surface area contributed by atoms with Gasteiger partial charge in [0, 0.05) is 30.4 Å². The van der Waals surface area contributed by atoms with Crippen molar-refractivity contribution in [3.63, 3.8) is 0 Å². The third-order valence-electron chi connectivity index (χ3n) is 2.91. The van der Waals surface area contributed by atoms with E-state index in [2.05, 4.69) is 31.1 Å². The molecule has 0 radical (unpaired) electrons. The number of nitrogens with zero attached hydrogens (tertiary/aromatic N) is 2. The summed E-state index contributed by atoms with van der Waals surface area (Å²) in [6.45, 7) is 8.23. The highest BCUT2D eigenvalue weighted by Gasteiger charge is 2.30. The lowest BCUT2D eigenvalue weighted by Crippen LogP contribution is -2.22. The maximum Gasteiger partial charge on any atom is 0.0982 e. The van der Waals surface area contributed by atoms with Gasteiger partial charge in [-0.1, -0.05) is 20.8 Å². The largest absolute Gasteiger partial charge is 0.389 e. The third-order valence-corrected chi connectivity index (χ3v) is 4.23. The van der Waals surface area contributed by atoms with Crippen molar-refractivity contribution in [2.75, 3.05) is 13.1 Å². The van der Waals surface area contributed by atoms with Gasteiger partial charge < -0.3 is 10.2 Å². The second-order valence-corrected chi connectivity index (χ2v) is 6.58. The molecule has 1 saturated heterocycles. The summed E-state index contributed by atoms with van der Waals surface area (Å²) in [6, 6.07) is 0. The van der Waals surface area contributed by atoms with Crippen molar-refractivity contribution in [1.82, 2.24) is 9.88 Å². The van der Waals surface area contributed by atoms with E-state index in [1.807, 2.05) is 4.90 Å². The summed E-state index contributed by atoms with van der Waals surface area (Å²) in [5.41, 5.74) is 1.12. The van der Waals surface area contributed by atoms with Gasteiger partial charge in [-0.25, -0.2) is 4.98 Å². The van der Waals surface area contributed by atoms with Gasteiger partial charge >= 0.3 is 0 Å². The summed E-state index contributed by atoms with van der Waals surface area (Å²) >= 11 is 1.68. The number of hydrogen-bond donors (Lipinski definition) is 2. The second-order valence-electron chi connectivity index (χ2n) is 5.72. The van der Waals surface area contributed by atoms with Gasteiger partial charge in [-0.3, -0.25) is 4.90 Å². The van der Waals surface area contributed by atoms with Gasteiger partial charge in [0.2, 0.25) is 0 Å². The molecule has 1 aliphatic heterocycles. The van der Waals surface area contributed by atoms with Crippen LogP contribution in [0.1, 0.15) is 31.5 Å². The summed E-state index contributed by atoms with van der Waals surface area (Å²) in [7, 11) is 0. The minimum atomic E-state index is -0.615. The van der Waals surface area contributed by atoms with Crippen LogP contribution in [0.3, 0.4) is 0 Å². The zero-order valence-corrected chi connectivity index (χ0v) is 11.4. The topological polar surface area (TPSA) is 56.6 Å². The van der Waals surface area contributed by atoms with E-state index in [1.54, 1.807) is 11.3 Å². The van der Waals surface area contributed by atoms with Crippen LogP contribution in [0.25, 0.3) is 0 Å². The Kier molecular flexibility index (Phi) is 3.54. The highest BCUT2D eigenvalue weighted by molar-refractivity contribution is 7.09. The molecule has 1 aromatic heterocycles. The van der Waals surface area contributed by atoms with E-state index >= 15 is 0 Å². The van der Waals surface area contributed by atoms with Crippen molar-refractivity contribution in [1.29, 1.82) is 0 Å². The predicted octanol–water partition coefficient (Wildman–Crippen LogP) is 0.978. The molecule has 0 bridgehead atoms. The highest BCUT2D eigenvalue weighted by Crippen LogP contribution is 2.26. The van der Waals surface area contributed by atoms with Gasteiger partial charge in [0.15, 0.2) is 0 Å². The molecule has 17 heavy (non-hydrogen) atoms. The van der Waals surface area contributed by atoms with E-state index in [1.165, 1.54) is 0 Å². The standard InChI is InChI=1S/C12H20N2O2S/c1-12(2,3)11-13-8(7-17-11)4-14-5-9(15)10(16)6-14/h7,9-10,15-16H,4-6H2,1-3H3/t9-,10+. The van der Waals surface area contributed by atoms with Crippen LogP contribution >= 0.6 is 11.3 Å². The maximum absolute atomic E-state index is 9.47. The number of aliphatic hydroxyl groups is 2. The van der Waals surface area contributed by atoms with E-state index < -0.39 is 12.2 Å². The molecule has 1 fully saturated rings. The van der Waals surface area contributed by atoms with Crippen LogP contribution < -0.4 is 0 Å². The van der Waals surface area contributed by atoms with Crippen molar-refractivity contribution in [2.24, 2.45) is 0 Å². The molecule has 2 N–H and O–H groups in total.